The van der Waals surface area contributed by atoms with Crippen LogP contribution >= 0.6 is 23.1 Å². The number of thioether (sulfide) groups is 1. The summed E-state index contributed by atoms with van der Waals surface area (Å²) < 4.78 is 0. The molecule has 3 rings (SSSR count). The number of likely N-dealkylation sites (N-methyl/N-ethyl adjacent to an activating group) is 1. The maximum absolute atomic E-state index is 12.5. The number of nitrogens with zero attached hydrogens (tertiary/aromatic N) is 3. The Labute approximate surface area is 144 Å². The number of aryl methyl sites for hydroxylation is 1. The van der Waals surface area contributed by atoms with Gasteiger partial charge in [0.15, 0.2) is 5.17 Å². The fraction of sp³-hybridized carbons (Fsp3) is 0.235. The van der Waals surface area contributed by atoms with E-state index in [0.717, 1.165) is 12.0 Å². The van der Waals surface area contributed by atoms with Crippen LogP contribution in [-0.2, 0) is 11.2 Å². The van der Waals surface area contributed by atoms with E-state index in [1.807, 2.05) is 30.5 Å². The average Bonchev–Trinajstić information content (AvgIpc) is 3.17. The zero-order valence-corrected chi connectivity index (χ0v) is 14.7. The predicted molar refractivity (Wildman–Crippen MR) is 98.0 cm³/mol. The van der Waals surface area contributed by atoms with E-state index in [-0.39, 0.29) is 5.91 Å². The van der Waals surface area contributed by atoms with Crippen LogP contribution in [0, 0.1) is 0 Å². The van der Waals surface area contributed by atoms with Crippen LogP contribution in [0.15, 0.2) is 45.7 Å². The van der Waals surface area contributed by atoms with E-state index in [9.17, 15) is 4.79 Å². The summed E-state index contributed by atoms with van der Waals surface area (Å²) in [5, 5.41) is 3.25. The molecule has 2 aromatic rings. The Morgan fingerprint density at radius 1 is 1.26 bits per heavy atom. The Morgan fingerprint density at radius 3 is 2.65 bits per heavy atom. The van der Waals surface area contributed by atoms with Crippen LogP contribution in [0.3, 0.4) is 0 Å². The van der Waals surface area contributed by atoms with Crippen LogP contribution in [0.4, 0.5) is 5.13 Å². The second-order valence-corrected chi connectivity index (χ2v) is 6.85. The molecule has 4 nitrogen and oxygen atoms in total. The molecule has 118 valence electrons. The van der Waals surface area contributed by atoms with Crippen molar-refractivity contribution in [3.05, 3.63) is 51.9 Å². The molecular formula is C17H17N3OS2. The van der Waals surface area contributed by atoms with Crippen molar-refractivity contribution in [1.82, 2.24) is 9.88 Å². The minimum absolute atomic E-state index is 0.00683. The molecule has 1 amide bonds. The zero-order valence-electron chi connectivity index (χ0n) is 13.0. The molecule has 0 saturated carbocycles. The van der Waals surface area contributed by atoms with Gasteiger partial charge in [-0.1, -0.05) is 31.2 Å². The first kappa shape index (κ1) is 16.0. The number of aliphatic imine (C=N–C) groups is 1. The number of thiazole rings is 1. The lowest BCUT2D eigenvalue weighted by Gasteiger charge is -2.11. The molecule has 6 heteroatoms. The number of amides is 1. The number of rotatable bonds is 4. The summed E-state index contributed by atoms with van der Waals surface area (Å²) in [5.74, 6) is 0.00683. The van der Waals surface area contributed by atoms with Gasteiger partial charge in [0.1, 0.15) is 0 Å². The van der Waals surface area contributed by atoms with Gasteiger partial charge >= 0.3 is 0 Å². The van der Waals surface area contributed by atoms with Crippen molar-refractivity contribution in [2.75, 3.05) is 6.54 Å². The number of hydrogen-bond donors (Lipinski definition) is 0. The van der Waals surface area contributed by atoms with Gasteiger partial charge in [-0.15, -0.1) is 11.3 Å². The van der Waals surface area contributed by atoms with E-state index in [2.05, 4.69) is 29.0 Å². The fourth-order valence-corrected chi connectivity index (χ4v) is 3.83. The molecule has 2 heterocycles. The number of aromatic nitrogens is 1. The molecule has 0 bridgehead atoms. The molecule has 0 N–H and O–H groups in total. The standard InChI is InChI=1S/C17H17N3OS2/c1-3-12-5-7-13(8-6-12)11-14-15(21)20(4-2)17(23-14)19-16-18-9-10-22-16/h5-11H,3-4H2,1-2H3/b14-11-,19-17+. The average molecular weight is 343 g/mol. The summed E-state index contributed by atoms with van der Waals surface area (Å²) in [6.45, 7) is 4.68. The Morgan fingerprint density at radius 2 is 2.04 bits per heavy atom. The first-order chi connectivity index (χ1) is 11.2. The van der Waals surface area contributed by atoms with E-state index in [1.54, 1.807) is 11.1 Å². The summed E-state index contributed by atoms with van der Waals surface area (Å²) in [4.78, 5) is 23.6. The topological polar surface area (TPSA) is 45.6 Å². The molecule has 0 atom stereocenters. The van der Waals surface area contributed by atoms with Gasteiger partial charge in [-0.05, 0) is 42.3 Å². The van der Waals surface area contributed by atoms with Gasteiger partial charge in [-0.2, -0.15) is 4.99 Å². The van der Waals surface area contributed by atoms with Crippen LogP contribution in [-0.4, -0.2) is 27.5 Å². The third-order valence-corrected chi connectivity index (χ3v) is 5.17. The van der Waals surface area contributed by atoms with Crippen molar-refractivity contribution in [3.63, 3.8) is 0 Å². The minimum Gasteiger partial charge on any atom is -0.287 e. The van der Waals surface area contributed by atoms with Gasteiger partial charge in [0.25, 0.3) is 5.91 Å². The third kappa shape index (κ3) is 3.54. The van der Waals surface area contributed by atoms with Crippen LogP contribution in [0.1, 0.15) is 25.0 Å². The zero-order chi connectivity index (χ0) is 16.2. The van der Waals surface area contributed by atoms with Crippen LogP contribution in [0.2, 0.25) is 0 Å². The SMILES string of the molecule is CCc1ccc(/C=C2\S/C(=N/c3nccs3)N(CC)C2=O)cc1. The van der Waals surface area contributed by atoms with Gasteiger partial charge in [0.05, 0.1) is 4.91 Å². The van der Waals surface area contributed by atoms with Crippen LogP contribution in [0.5, 0.6) is 0 Å². The highest BCUT2D eigenvalue weighted by Gasteiger charge is 2.32. The molecule has 0 unspecified atom stereocenters. The number of benzene rings is 1. The normalized spacial score (nSPS) is 18.3. The number of hydrogen-bond acceptors (Lipinski definition) is 5. The van der Waals surface area contributed by atoms with Crippen molar-refractivity contribution in [1.29, 1.82) is 0 Å². The monoisotopic (exact) mass is 343 g/mol. The molecule has 23 heavy (non-hydrogen) atoms. The van der Waals surface area contributed by atoms with E-state index in [1.165, 1.54) is 28.7 Å². The van der Waals surface area contributed by atoms with Crippen molar-refractivity contribution in [2.45, 2.75) is 20.3 Å². The van der Waals surface area contributed by atoms with E-state index in [0.29, 0.717) is 21.7 Å². The molecule has 1 saturated heterocycles. The molecule has 1 aromatic heterocycles. The maximum Gasteiger partial charge on any atom is 0.266 e. The molecular weight excluding hydrogens is 326 g/mol. The first-order valence-corrected chi connectivity index (χ1v) is 9.19. The molecule has 1 fully saturated rings. The molecule has 1 aromatic carbocycles. The summed E-state index contributed by atoms with van der Waals surface area (Å²) in [5.41, 5.74) is 2.32. The number of carbonyl (C=O) groups is 1. The summed E-state index contributed by atoms with van der Waals surface area (Å²) >= 11 is 2.87. The maximum atomic E-state index is 12.5. The van der Waals surface area contributed by atoms with Gasteiger partial charge in [-0.25, -0.2) is 4.98 Å². The highest BCUT2D eigenvalue weighted by molar-refractivity contribution is 8.18. The summed E-state index contributed by atoms with van der Waals surface area (Å²) in [7, 11) is 0. The van der Waals surface area contributed by atoms with Crippen molar-refractivity contribution in [3.8, 4) is 0 Å². The number of amidine groups is 1. The van der Waals surface area contributed by atoms with Gasteiger partial charge < -0.3 is 0 Å². The van der Waals surface area contributed by atoms with Crippen LogP contribution < -0.4 is 0 Å². The minimum atomic E-state index is 0.00683. The van der Waals surface area contributed by atoms with Crippen molar-refractivity contribution >= 4 is 45.4 Å². The Kier molecular flexibility index (Phi) is 4.93. The second-order valence-electron chi connectivity index (χ2n) is 4.96. The molecule has 0 aliphatic carbocycles. The molecule has 0 spiro atoms. The lowest BCUT2D eigenvalue weighted by molar-refractivity contribution is -0.122. The van der Waals surface area contributed by atoms with Crippen molar-refractivity contribution < 1.29 is 4.79 Å². The largest absolute Gasteiger partial charge is 0.287 e. The second kappa shape index (κ2) is 7.10. The summed E-state index contributed by atoms with van der Waals surface area (Å²) in [6.07, 6.45) is 4.66. The number of carbonyl (C=O) groups excluding carboxylic acids is 1. The van der Waals surface area contributed by atoms with E-state index < -0.39 is 0 Å². The van der Waals surface area contributed by atoms with E-state index in [4.69, 9.17) is 0 Å². The van der Waals surface area contributed by atoms with Crippen LogP contribution in [0.25, 0.3) is 6.08 Å². The van der Waals surface area contributed by atoms with E-state index >= 15 is 0 Å². The third-order valence-electron chi connectivity index (χ3n) is 3.50. The Balaban J connectivity index is 1.88. The quantitative estimate of drug-likeness (QED) is 0.776. The molecule has 0 radical (unpaired) electrons. The summed E-state index contributed by atoms with van der Waals surface area (Å²) in [6, 6.07) is 8.29. The fourth-order valence-electron chi connectivity index (χ4n) is 2.22. The first-order valence-electron chi connectivity index (χ1n) is 7.49. The van der Waals surface area contributed by atoms with Crippen molar-refractivity contribution in [2.24, 2.45) is 4.99 Å². The highest BCUT2D eigenvalue weighted by Crippen LogP contribution is 2.34. The smallest absolute Gasteiger partial charge is 0.266 e. The molecule has 1 aliphatic heterocycles. The van der Waals surface area contributed by atoms with Gasteiger partial charge in [0.2, 0.25) is 5.13 Å². The molecule has 1 aliphatic rings. The highest BCUT2D eigenvalue weighted by atomic mass is 32.2. The van der Waals surface area contributed by atoms with Gasteiger partial charge in [0, 0.05) is 18.1 Å². The Hall–Kier alpha value is -1.92. The van der Waals surface area contributed by atoms with Gasteiger partial charge in [-0.3, -0.25) is 9.69 Å². The Bertz CT molecular complexity index is 749. The lowest BCUT2D eigenvalue weighted by atomic mass is 10.1. The lowest BCUT2D eigenvalue weighted by Crippen LogP contribution is -2.28. The predicted octanol–water partition coefficient (Wildman–Crippen LogP) is 4.33.